The van der Waals surface area contributed by atoms with Gasteiger partial charge in [-0.3, -0.25) is 5.10 Å². The van der Waals surface area contributed by atoms with Crippen molar-refractivity contribution in [1.82, 2.24) is 10.2 Å². The SMILES string of the molecule is CCc1c(F)ccc2cn[nH]c12. The first-order valence-corrected chi connectivity index (χ1v) is 3.93. The van der Waals surface area contributed by atoms with E-state index in [-0.39, 0.29) is 5.82 Å². The summed E-state index contributed by atoms with van der Waals surface area (Å²) in [6.45, 7) is 1.93. The molecule has 0 unspecified atom stereocenters. The monoisotopic (exact) mass is 164 g/mol. The number of nitrogens with one attached hydrogen (secondary N) is 1. The molecule has 1 aromatic heterocycles. The maximum absolute atomic E-state index is 13.1. The third-order valence-electron chi connectivity index (χ3n) is 2.02. The number of aryl methyl sites for hydroxylation is 1. The standard InChI is InChI=1S/C9H9FN2/c1-2-7-8(10)4-3-6-5-11-12-9(6)7/h3-5H,2H2,1H3,(H,11,12). The lowest BCUT2D eigenvalue weighted by molar-refractivity contribution is 0.614. The van der Waals surface area contributed by atoms with Crippen LogP contribution in [0.4, 0.5) is 4.39 Å². The van der Waals surface area contributed by atoms with E-state index in [0.29, 0.717) is 12.0 Å². The highest BCUT2D eigenvalue weighted by molar-refractivity contribution is 5.81. The molecule has 0 spiro atoms. The van der Waals surface area contributed by atoms with Gasteiger partial charge in [-0.15, -0.1) is 0 Å². The summed E-state index contributed by atoms with van der Waals surface area (Å²) in [7, 11) is 0. The van der Waals surface area contributed by atoms with Crippen molar-refractivity contribution in [3.05, 3.63) is 29.7 Å². The average molecular weight is 164 g/mol. The fraction of sp³-hybridized carbons (Fsp3) is 0.222. The van der Waals surface area contributed by atoms with E-state index in [1.165, 1.54) is 6.07 Å². The van der Waals surface area contributed by atoms with E-state index < -0.39 is 0 Å². The third kappa shape index (κ3) is 0.897. The Morgan fingerprint density at radius 3 is 3.08 bits per heavy atom. The van der Waals surface area contributed by atoms with Crippen LogP contribution in [0.3, 0.4) is 0 Å². The van der Waals surface area contributed by atoms with Gasteiger partial charge in [0.15, 0.2) is 0 Å². The minimum atomic E-state index is -0.158. The van der Waals surface area contributed by atoms with Crippen LogP contribution in [-0.2, 0) is 6.42 Å². The van der Waals surface area contributed by atoms with Crippen LogP contribution in [0, 0.1) is 5.82 Å². The predicted octanol–water partition coefficient (Wildman–Crippen LogP) is 2.26. The molecule has 0 amide bonds. The fourth-order valence-corrected chi connectivity index (χ4v) is 1.39. The summed E-state index contributed by atoms with van der Waals surface area (Å²) in [6.07, 6.45) is 2.39. The fourth-order valence-electron chi connectivity index (χ4n) is 1.39. The highest BCUT2D eigenvalue weighted by atomic mass is 19.1. The Labute approximate surface area is 69.4 Å². The first-order valence-electron chi connectivity index (χ1n) is 3.93. The summed E-state index contributed by atoms with van der Waals surface area (Å²) in [5.41, 5.74) is 1.53. The summed E-state index contributed by atoms with van der Waals surface area (Å²) in [5, 5.41) is 7.62. The van der Waals surface area contributed by atoms with E-state index in [1.807, 2.05) is 6.92 Å². The molecular formula is C9H9FN2. The van der Waals surface area contributed by atoms with Gasteiger partial charge in [-0.1, -0.05) is 6.92 Å². The van der Waals surface area contributed by atoms with Crippen molar-refractivity contribution >= 4 is 10.9 Å². The Hall–Kier alpha value is -1.38. The number of hydrogen-bond donors (Lipinski definition) is 1. The smallest absolute Gasteiger partial charge is 0.128 e. The summed E-state index contributed by atoms with van der Waals surface area (Å²) in [6, 6.07) is 3.21. The Morgan fingerprint density at radius 2 is 2.33 bits per heavy atom. The van der Waals surface area contributed by atoms with Gasteiger partial charge < -0.3 is 0 Å². The van der Waals surface area contributed by atoms with Gasteiger partial charge in [0, 0.05) is 10.9 Å². The molecule has 2 aromatic rings. The Morgan fingerprint density at radius 1 is 1.50 bits per heavy atom. The number of hydrogen-bond acceptors (Lipinski definition) is 1. The molecule has 1 N–H and O–H groups in total. The van der Waals surface area contributed by atoms with Crippen molar-refractivity contribution < 1.29 is 4.39 Å². The lowest BCUT2D eigenvalue weighted by Gasteiger charge is -1.99. The van der Waals surface area contributed by atoms with Crippen molar-refractivity contribution in [3.8, 4) is 0 Å². The zero-order chi connectivity index (χ0) is 8.55. The number of rotatable bonds is 1. The molecule has 62 valence electrons. The minimum Gasteiger partial charge on any atom is -0.277 e. The van der Waals surface area contributed by atoms with Crippen LogP contribution in [0.15, 0.2) is 18.3 Å². The van der Waals surface area contributed by atoms with Gasteiger partial charge >= 0.3 is 0 Å². The second-order valence-electron chi connectivity index (χ2n) is 2.71. The normalized spacial score (nSPS) is 10.8. The summed E-state index contributed by atoms with van der Waals surface area (Å²) >= 11 is 0. The van der Waals surface area contributed by atoms with Gasteiger partial charge in [-0.05, 0) is 18.6 Å². The molecular weight excluding hydrogens is 155 g/mol. The zero-order valence-corrected chi connectivity index (χ0v) is 6.76. The van der Waals surface area contributed by atoms with Crippen LogP contribution < -0.4 is 0 Å². The van der Waals surface area contributed by atoms with Crippen molar-refractivity contribution in [2.75, 3.05) is 0 Å². The number of halogens is 1. The van der Waals surface area contributed by atoms with Crippen molar-refractivity contribution in [3.63, 3.8) is 0 Å². The van der Waals surface area contributed by atoms with E-state index >= 15 is 0 Å². The largest absolute Gasteiger partial charge is 0.277 e. The topological polar surface area (TPSA) is 28.7 Å². The van der Waals surface area contributed by atoms with Crippen LogP contribution in [0.5, 0.6) is 0 Å². The average Bonchev–Trinajstić information content (AvgIpc) is 2.52. The molecule has 0 fully saturated rings. The van der Waals surface area contributed by atoms with Crippen molar-refractivity contribution in [2.24, 2.45) is 0 Å². The summed E-state index contributed by atoms with van der Waals surface area (Å²) in [4.78, 5) is 0. The van der Waals surface area contributed by atoms with E-state index in [4.69, 9.17) is 0 Å². The van der Waals surface area contributed by atoms with Crippen LogP contribution in [0.25, 0.3) is 10.9 Å². The van der Waals surface area contributed by atoms with E-state index in [1.54, 1.807) is 12.3 Å². The van der Waals surface area contributed by atoms with E-state index in [9.17, 15) is 4.39 Å². The van der Waals surface area contributed by atoms with Crippen LogP contribution in [0.1, 0.15) is 12.5 Å². The lowest BCUT2D eigenvalue weighted by atomic mass is 10.1. The quantitative estimate of drug-likeness (QED) is 0.688. The van der Waals surface area contributed by atoms with Crippen LogP contribution >= 0.6 is 0 Å². The number of fused-ring (bicyclic) bond motifs is 1. The number of aromatic amines is 1. The molecule has 2 rings (SSSR count). The molecule has 12 heavy (non-hydrogen) atoms. The third-order valence-corrected chi connectivity index (χ3v) is 2.02. The van der Waals surface area contributed by atoms with Gasteiger partial charge in [0.05, 0.1) is 11.7 Å². The molecule has 0 radical (unpaired) electrons. The van der Waals surface area contributed by atoms with Gasteiger partial charge in [0.25, 0.3) is 0 Å². The van der Waals surface area contributed by atoms with Crippen molar-refractivity contribution in [1.29, 1.82) is 0 Å². The van der Waals surface area contributed by atoms with Gasteiger partial charge in [-0.2, -0.15) is 5.10 Å². The maximum atomic E-state index is 13.1. The first-order chi connectivity index (χ1) is 5.83. The number of nitrogens with zero attached hydrogens (tertiary/aromatic N) is 1. The van der Waals surface area contributed by atoms with Gasteiger partial charge in [-0.25, -0.2) is 4.39 Å². The van der Waals surface area contributed by atoms with Crippen molar-refractivity contribution in [2.45, 2.75) is 13.3 Å². The first kappa shape index (κ1) is 7.28. The molecule has 0 aliphatic heterocycles. The Balaban J connectivity index is 2.83. The molecule has 2 nitrogen and oxygen atoms in total. The second kappa shape index (κ2) is 2.59. The van der Waals surface area contributed by atoms with E-state index in [0.717, 1.165) is 10.9 Å². The zero-order valence-electron chi connectivity index (χ0n) is 6.76. The molecule has 3 heteroatoms. The molecule has 0 atom stereocenters. The molecule has 0 bridgehead atoms. The Kier molecular flexibility index (Phi) is 1.57. The number of benzene rings is 1. The Bertz CT molecular complexity index is 406. The summed E-state index contributed by atoms with van der Waals surface area (Å²) in [5.74, 6) is -0.158. The predicted molar refractivity (Wildman–Crippen MR) is 45.4 cm³/mol. The highest BCUT2D eigenvalue weighted by Gasteiger charge is 2.05. The molecule has 0 saturated heterocycles. The highest BCUT2D eigenvalue weighted by Crippen LogP contribution is 2.19. The van der Waals surface area contributed by atoms with E-state index in [2.05, 4.69) is 10.2 Å². The minimum absolute atomic E-state index is 0.158. The van der Waals surface area contributed by atoms with Crippen LogP contribution in [0.2, 0.25) is 0 Å². The van der Waals surface area contributed by atoms with Gasteiger partial charge in [0.2, 0.25) is 0 Å². The number of H-pyrrole nitrogens is 1. The molecule has 1 heterocycles. The molecule has 0 saturated carbocycles. The number of aromatic nitrogens is 2. The van der Waals surface area contributed by atoms with Gasteiger partial charge in [0.1, 0.15) is 5.82 Å². The maximum Gasteiger partial charge on any atom is 0.128 e. The summed E-state index contributed by atoms with van der Waals surface area (Å²) < 4.78 is 13.1. The van der Waals surface area contributed by atoms with Crippen LogP contribution in [-0.4, -0.2) is 10.2 Å². The second-order valence-corrected chi connectivity index (χ2v) is 2.71. The molecule has 0 aliphatic carbocycles. The molecule has 0 aliphatic rings. The lowest BCUT2D eigenvalue weighted by Crippen LogP contribution is -1.88. The molecule has 1 aromatic carbocycles.